The number of esters is 1. The Morgan fingerprint density at radius 2 is 1.64 bits per heavy atom. The zero-order chi connectivity index (χ0) is 18.4. The van der Waals surface area contributed by atoms with Gasteiger partial charge in [-0.1, -0.05) is 38.1 Å². The van der Waals surface area contributed by atoms with Gasteiger partial charge in [0.15, 0.2) is 12.4 Å². The van der Waals surface area contributed by atoms with Gasteiger partial charge >= 0.3 is 5.97 Å². The van der Waals surface area contributed by atoms with Crippen LogP contribution in [0, 0.1) is 0 Å². The number of ketones is 1. The highest BCUT2D eigenvalue weighted by Gasteiger charge is 2.17. The van der Waals surface area contributed by atoms with Crippen molar-refractivity contribution in [3.63, 3.8) is 0 Å². The predicted octanol–water partition coefficient (Wildman–Crippen LogP) is 3.87. The summed E-state index contributed by atoms with van der Waals surface area (Å²) < 4.78 is 15.4. The maximum atomic E-state index is 12.2. The van der Waals surface area contributed by atoms with Crippen molar-refractivity contribution in [3.8, 4) is 11.5 Å². The molecule has 0 atom stereocenters. The van der Waals surface area contributed by atoms with Crippen molar-refractivity contribution < 1.29 is 23.8 Å². The average molecular weight is 342 g/mol. The first-order valence-corrected chi connectivity index (χ1v) is 7.98. The Hall–Kier alpha value is -2.82. The van der Waals surface area contributed by atoms with E-state index in [0.29, 0.717) is 23.0 Å². The van der Waals surface area contributed by atoms with Crippen LogP contribution in [0.5, 0.6) is 11.5 Å². The fourth-order valence-electron chi connectivity index (χ4n) is 2.31. The molecule has 0 heterocycles. The van der Waals surface area contributed by atoms with Crippen molar-refractivity contribution in [1.82, 2.24) is 0 Å². The highest BCUT2D eigenvalue weighted by atomic mass is 16.5. The lowest BCUT2D eigenvalue weighted by molar-refractivity contribution is 0.0471. The van der Waals surface area contributed by atoms with Gasteiger partial charge in [0.1, 0.15) is 17.1 Å². The monoisotopic (exact) mass is 342 g/mol. The highest BCUT2D eigenvalue weighted by Crippen LogP contribution is 2.25. The third kappa shape index (κ3) is 4.59. The minimum absolute atomic E-state index is 0.242. The number of Topliss-reactive ketones (excluding diaryl/α,β-unsaturated/α-hetero) is 1. The van der Waals surface area contributed by atoms with Crippen molar-refractivity contribution in [3.05, 3.63) is 59.2 Å². The molecule has 0 N–H and O–H groups in total. The van der Waals surface area contributed by atoms with E-state index < -0.39 is 5.97 Å². The second kappa shape index (κ2) is 8.33. The molecule has 0 aromatic heterocycles. The first-order valence-electron chi connectivity index (χ1n) is 7.98. The number of carbonyl (C=O) groups excluding carboxylic acids is 2. The van der Waals surface area contributed by atoms with E-state index in [9.17, 15) is 9.59 Å². The Kier molecular flexibility index (Phi) is 6.17. The van der Waals surface area contributed by atoms with E-state index in [0.717, 1.165) is 5.56 Å². The number of methoxy groups -OCH3 is 2. The molecule has 0 unspecified atom stereocenters. The van der Waals surface area contributed by atoms with Crippen LogP contribution in [0.15, 0.2) is 42.5 Å². The van der Waals surface area contributed by atoms with E-state index in [-0.39, 0.29) is 18.0 Å². The first-order chi connectivity index (χ1) is 12.0. The van der Waals surface area contributed by atoms with Crippen molar-refractivity contribution in [2.75, 3.05) is 20.8 Å². The summed E-state index contributed by atoms with van der Waals surface area (Å²) in [6.45, 7) is 3.84. The molecule has 0 aliphatic rings. The van der Waals surface area contributed by atoms with Crippen LogP contribution in [-0.4, -0.2) is 32.6 Å². The number of benzene rings is 2. The Morgan fingerprint density at radius 3 is 2.20 bits per heavy atom. The van der Waals surface area contributed by atoms with E-state index in [1.54, 1.807) is 30.3 Å². The number of rotatable bonds is 7. The van der Waals surface area contributed by atoms with Crippen LogP contribution in [0.2, 0.25) is 0 Å². The molecule has 0 saturated heterocycles. The second-order valence-electron chi connectivity index (χ2n) is 5.84. The summed E-state index contributed by atoms with van der Waals surface area (Å²) in [6.07, 6.45) is 0. The van der Waals surface area contributed by atoms with E-state index in [4.69, 9.17) is 14.2 Å². The molecule has 0 amide bonds. The highest BCUT2D eigenvalue weighted by molar-refractivity contribution is 6.00. The molecule has 0 spiro atoms. The Morgan fingerprint density at radius 1 is 0.960 bits per heavy atom. The van der Waals surface area contributed by atoms with Gasteiger partial charge in [-0.15, -0.1) is 0 Å². The Labute approximate surface area is 147 Å². The van der Waals surface area contributed by atoms with Crippen molar-refractivity contribution in [2.45, 2.75) is 19.8 Å². The predicted molar refractivity (Wildman–Crippen MR) is 94.7 cm³/mol. The molecule has 0 aliphatic heterocycles. The molecular formula is C20H22O5. The van der Waals surface area contributed by atoms with Gasteiger partial charge in [0.05, 0.1) is 14.2 Å². The van der Waals surface area contributed by atoms with Gasteiger partial charge in [-0.25, -0.2) is 4.79 Å². The van der Waals surface area contributed by atoms with Crippen LogP contribution < -0.4 is 9.47 Å². The molecule has 2 aromatic carbocycles. The van der Waals surface area contributed by atoms with Crippen LogP contribution in [0.25, 0.3) is 0 Å². The maximum absolute atomic E-state index is 12.2. The first kappa shape index (κ1) is 18.5. The number of carbonyl (C=O) groups is 2. The third-order valence-corrected chi connectivity index (χ3v) is 3.86. The standard InChI is InChI=1S/C20H22O5/c1-13(2)14-5-7-15(8-6-14)18(21)12-25-20(22)17-10-9-16(23-3)11-19(17)24-4/h5-11,13H,12H2,1-4H3. The molecule has 0 fully saturated rings. The molecule has 0 radical (unpaired) electrons. The van der Waals surface area contributed by atoms with E-state index in [2.05, 4.69) is 13.8 Å². The summed E-state index contributed by atoms with van der Waals surface area (Å²) in [5, 5.41) is 0. The lowest BCUT2D eigenvalue weighted by Gasteiger charge is -2.10. The molecule has 5 nitrogen and oxygen atoms in total. The third-order valence-electron chi connectivity index (χ3n) is 3.86. The minimum Gasteiger partial charge on any atom is -0.497 e. The molecule has 25 heavy (non-hydrogen) atoms. The lowest BCUT2D eigenvalue weighted by Crippen LogP contribution is -2.15. The molecule has 0 aliphatic carbocycles. The molecule has 2 aromatic rings. The smallest absolute Gasteiger partial charge is 0.342 e. The Bertz CT molecular complexity index is 747. The van der Waals surface area contributed by atoms with Gasteiger partial charge in [0.25, 0.3) is 0 Å². The van der Waals surface area contributed by atoms with Gasteiger partial charge in [-0.3, -0.25) is 4.79 Å². The average Bonchev–Trinajstić information content (AvgIpc) is 2.65. The van der Waals surface area contributed by atoms with Crippen LogP contribution >= 0.6 is 0 Å². The molecule has 0 bridgehead atoms. The molecule has 5 heteroatoms. The van der Waals surface area contributed by atoms with Gasteiger partial charge in [0, 0.05) is 11.6 Å². The molecule has 0 saturated carbocycles. The summed E-state index contributed by atoms with van der Waals surface area (Å²) in [5.41, 5.74) is 1.90. The quantitative estimate of drug-likeness (QED) is 0.565. The van der Waals surface area contributed by atoms with Crippen LogP contribution in [-0.2, 0) is 4.74 Å². The normalized spacial score (nSPS) is 10.4. The largest absolute Gasteiger partial charge is 0.497 e. The second-order valence-corrected chi connectivity index (χ2v) is 5.84. The fourth-order valence-corrected chi connectivity index (χ4v) is 2.31. The summed E-state index contributed by atoms with van der Waals surface area (Å²) >= 11 is 0. The summed E-state index contributed by atoms with van der Waals surface area (Å²) in [6, 6.07) is 12.1. The van der Waals surface area contributed by atoms with Crippen molar-refractivity contribution in [1.29, 1.82) is 0 Å². The van der Waals surface area contributed by atoms with Gasteiger partial charge in [0.2, 0.25) is 0 Å². The topological polar surface area (TPSA) is 61.8 Å². The lowest BCUT2D eigenvalue weighted by atomic mass is 10.0. The fraction of sp³-hybridized carbons (Fsp3) is 0.300. The SMILES string of the molecule is COc1ccc(C(=O)OCC(=O)c2ccc(C(C)C)cc2)c(OC)c1. The summed E-state index contributed by atoms with van der Waals surface area (Å²) in [7, 11) is 2.98. The molecule has 2 rings (SSSR count). The maximum Gasteiger partial charge on any atom is 0.342 e. The van der Waals surface area contributed by atoms with Crippen LogP contribution in [0.1, 0.15) is 46.0 Å². The van der Waals surface area contributed by atoms with E-state index in [1.165, 1.54) is 14.2 Å². The number of hydrogen-bond donors (Lipinski definition) is 0. The van der Waals surface area contributed by atoms with E-state index >= 15 is 0 Å². The Balaban J connectivity index is 2.03. The summed E-state index contributed by atoms with van der Waals surface area (Å²) in [4.78, 5) is 24.4. The van der Waals surface area contributed by atoms with Crippen molar-refractivity contribution in [2.24, 2.45) is 0 Å². The molecule has 132 valence electrons. The summed E-state index contributed by atoms with van der Waals surface area (Å²) in [5.74, 6) is 0.417. The minimum atomic E-state index is -0.619. The molecular weight excluding hydrogens is 320 g/mol. The van der Waals surface area contributed by atoms with E-state index in [1.807, 2.05) is 12.1 Å². The van der Waals surface area contributed by atoms with Crippen molar-refractivity contribution >= 4 is 11.8 Å². The van der Waals surface area contributed by atoms with Gasteiger partial charge in [-0.2, -0.15) is 0 Å². The number of ether oxygens (including phenoxy) is 3. The zero-order valence-corrected chi connectivity index (χ0v) is 14.9. The van der Waals surface area contributed by atoms with Gasteiger partial charge < -0.3 is 14.2 Å². The van der Waals surface area contributed by atoms with Crippen LogP contribution in [0.4, 0.5) is 0 Å². The van der Waals surface area contributed by atoms with Crippen LogP contribution in [0.3, 0.4) is 0 Å². The zero-order valence-electron chi connectivity index (χ0n) is 14.9. The number of hydrogen-bond acceptors (Lipinski definition) is 5. The van der Waals surface area contributed by atoms with Gasteiger partial charge in [-0.05, 0) is 23.6 Å².